The first-order valence-electron chi connectivity index (χ1n) is 5.64. The fourth-order valence-corrected chi connectivity index (χ4v) is 1.67. The van der Waals surface area contributed by atoms with Crippen LogP contribution >= 0.6 is 11.6 Å². The van der Waals surface area contributed by atoms with Crippen molar-refractivity contribution in [3.63, 3.8) is 0 Å². The lowest BCUT2D eigenvalue weighted by molar-refractivity contribution is -0.385. The van der Waals surface area contributed by atoms with Gasteiger partial charge in [-0.1, -0.05) is 11.6 Å². The van der Waals surface area contributed by atoms with E-state index in [0.29, 0.717) is 0 Å². The Kier molecular flexibility index (Phi) is 4.68. The zero-order valence-electron chi connectivity index (χ0n) is 11.1. The number of hydrogen-bond acceptors (Lipinski definition) is 6. The van der Waals surface area contributed by atoms with Gasteiger partial charge >= 0.3 is 0 Å². The van der Waals surface area contributed by atoms with Gasteiger partial charge in [0.2, 0.25) is 5.78 Å². The van der Waals surface area contributed by atoms with Gasteiger partial charge in [0.05, 0.1) is 10.5 Å². The molecule has 21 heavy (non-hydrogen) atoms. The average Bonchev–Trinajstić information content (AvgIpc) is 2.37. The number of carbonyl (C=O) groups excluding carboxylic acids is 1. The Morgan fingerprint density at radius 1 is 1.48 bits per heavy atom. The molecule has 0 aliphatic carbocycles. The third-order valence-electron chi connectivity index (χ3n) is 2.54. The summed E-state index contributed by atoms with van der Waals surface area (Å²) in [6, 6.07) is 4.82. The van der Waals surface area contributed by atoms with Gasteiger partial charge in [-0.3, -0.25) is 14.9 Å². The van der Waals surface area contributed by atoms with Crippen LogP contribution in [0.1, 0.15) is 19.4 Å². The van der Waals surface area contributed by atoms with Crippen molar-refractivity contribution in [2.45, 2.75) is 19.4 Å². The monoisotopic (exact) mass is 310 g/mol. The minimum atomic E-state index is -1.90. The molecule has 110 valence electrons. The van der Waals surface area contributed by atoms with E-state index < -0.39 is 33.3 Å². The Morgan fingerprint density at radius 3 is 2.48 bits per heavy atom. The summed E-state index contributed by atoms with van der Waals surface area (Å²) >= 11 is 5.64. The smallest absolute Gasteiger partial charge is 0.281 e. The predicted octanol–water partition coefficient (Wildman–Crippen LogP) is 2.38. The molecule has 0 radical (unpaired) electrons. The van der Waals surface area contributed by atoms with E-state index in [9.17, 15) is 25.1 Å². The third kappa shape index (κ3) is 3.56. The summed E-state index contributed by atoms with van der Waals surface area (Å²) in [5, 5.41) is 39.6. The number of nitro benzene ring substituents is 1. The molecule has 0 aliphatic rings. The maximum Gasteiger partial charge on any atom is 0.281 e. The summed E-state index contributed by atoms with van der Waals surface area (Å²) in [5.41, 5.74) is -3.57. The maximum atomic E-state index is 11.9. The van der Waals surface area contributed by atoms with E-state index in [2.05, 4.69) is 0 Å². The molecule has 1 rings (SSSR count). The van der Waals surface area contributed by atoms with Gasteiger partial charge in [-0.15, -0.1) is 0 Å². The highest BCUT2D eigenvalue weighted by atomic mass is 35.5. The van der Waals surface area contributed by atoms with Crippen molar-refractivity contribution < 1.29 is 19.9 Å². The number of benzene rings is 1. The van der Waals surface area contributed by atoms with E-state index in [1.807, 2.05) is 0 Å². The minimum absolute atomic E-state index is 0.0607. The number of Topliss-reactive ketones (excluding diaryl/α,β-unsaturated/α-hetero) is 1. The summed E-state index contributed by atoms with van der Waals surface area (Å²) in [7, 11) is 0. The van der Waals surface area contributed by atoms with E-state index in [4.69, 9.17) is 16.9 Å². The van der Waals surface area contributed by atoms with Gasteiger partial charge in [0.25, 0.3) is 5.69 Å². The molecule has 2 N–H and O–H groups in total. The molecule has 7 nitrogen and oxygen atoms in total. The number of nitrogens with zero attached hydrogens (tertiary/aromatic N) is 2. The van der Waals surface area contributed by atoms with Crippen molar-refractivity contribution in [3.8, 4) is 6.07 Å². The largest absolute Gasteiger partial charge is 0.506 e. The number of aliphatic hydroxyl groups excluding tert-OH is 1. The van der Waals surface area contributed by atoms with E-state index >= 15 is 0 Å². The van der Waals surface area contributed by atoms with Gasteiger partial charge in [0.15, 0.2) is 5.76 Å². The molecule has 0 spiro atoms. The molecule has 0 bridgehead atoms. The Morgan fingerprint density at radius 2 is 2.05 bits per heavy atom. The lowest BCUT2D eigenvalue weighted by Gasteiger charge is -2.15. The molecule has 1 aromatic carbocycles. The van der Waals surface area contributed by atoms with Gasteiger partial charge < -0.3 is 10.2 Å². The second-order valence-electron chi connectivity index (χ2n) is 4.64. The van der Waals surface area contributed by atoms with Crippen molar-refractivity contribution >= 4 is 28.8 Å². The van der Waals surface area contributed by atoms with Crippen LogP contribution in [0.2, 0.25) is 5.02 Å². The first-order chi connectivity index (χ1) is 9.59. The van der Waals surface area contributed by atoms with Crippen LogP contribution in [0.15, 0.2) is 23.8 Å². The molecule has 1 aromatic rings. The summed E-state index contributed by atoms with van der Waals surface area (Å²) in [5.74, 6) is -1.93. The Hall–Kier alpha value is -2.43. The summed E-state index contributed by atoms with van der Waals surface area (Å²) in [6.45, 7) is 2.27. The lowest BCUT2D eigenvalue weighted by atomic mass is 9.94. The number of nitriles is 1. The van der Waals surface area contributed by atoms with Crippen LogP contribution < -0.4 is 0 Å². The minimum Gasteiger partial charge on any atom is -0.506 e. The highest BCUT2D eigenvalue weighted by molar-refractivity contribution is 6.30. The van der Waals surface area contributed by atoms with Gasteiger partial charge in [-0.25, -0.2) is 0 Å². The molecule has 0 fully saturated rings. The van der Waals surface area contributed by atoms with Gasteiger partial charge in [0.1, 0.15) is 17.2 Å². The topological polar surface area (TPSA) is 124 Å². The molecule has 0 atom stereocenters. The first kappa shape index (κ1) is 16.6. The van der Waals surface area contributed by atoms with Crippen molar-refractivity contribution in [2.24, 2.45) is 0 Å². The van der Waals surface area contributed by atoms with Gasteiger partial charge in [-0.2, -0.15) is 5.26 Å². The van der Waals surface area contributed by atoms with Crippen molar-refractivity contribution in [1.82, 2.24) is 0 Å². The second-order valence-corrected chi connectivity index (χ2v) is 5.08. The third-order valence-corrected chi connectivity index (χ3v) is 2.78. The molecule has 8 heteroatoms. The Labute approximate surface area is 124 Å². The van der Waals surface area contributed by atoms with E-state index in [-0.39, 0.29) is 10.6 Å². The number of rotatable bonds is 4. The number of hydrogen-bond donors (Lipinski definition) is 2. The molecular formula is C13H11ClN2O5. The molecule has 0 saturated carbocycles. The molecule has 0 amide bonds. The number of halogens is 1. The molecule has 0 saturated heterocycles. The second kappa shape index (κ2) is 5.91. The number of carbonyl (C=O) groups is 1. The number of aliphatic hydroxyl groups is 2. The molecule has 0 aliphatic heterocycles. The highest BCUT2D eigenvalue weighted by Crippen LogP contribution is 2.30. The number of ketones is 1. The Bertz CT molecular complexity index is 683. The lowest BCUT2D eigenvalue weighted by Crippen LogP contribution is -2.32. The quantitative estimate of drug-likeness (QED) is 0.289. The van der Waals surface area contributed by atoms with Crippen LogP contribution in [0, 0.1) is 21.4 Å². The predicted molar refractivity (Wildman–Crippen MR) is 74.6 cm³/mol. The molecular weight excluding hydrogens is 300 g/mol. The maximum absolute atomic E-state index is 11.9. The van der Waals surface area contributed by atoms with Crippen LogP contribution in [-0.4, -0.2) is 26.5 Å². The van der Waals surface area contributed by atoms with E-state index in [1.54, 1.807) is 0 Å². The van der Waals surface area contributed by atoms with Gasteiger partial charge in [0, 0.05) is 11.1 Å². The number of nitro groups is 1. The van der Waals surface area contributed by atoms with E-state index in [0.717, 1.165) is 26.0 Å². The van der Waals surface area contributed by atoms with Gasteiger partial charge in [-0.05, 0) is 26.0 Å². The van der Waals surface area contributed by atoms with E-state index in [1.165, 1.54) is 12.1 Å². The van der Waals surface area contributed by atoms with Crippen LogP contribution in [0.25, 0.3) is 5.76 Å². The van der Waals surface area contributed by atoms with Crippen molar-refractivity contribution in [1.29, 1.82) is 5.26 Å². The average molecular weight is 311 g/mol. The van der Waals surface area contributed by atoms with Crippen LogP contribution in [0.5, 0.6) is 0 Å². The first-order valence-corrected chi connectivity index (χ1v) is 6.02. The SMILES string of the molecule is CC(C)(O)C(=O)C(C#N)=C(O)c1ccc(Cl)cc1[N+](=O)[O-]. The summed E-state index contributed by atoms with van der Waals surface area (Å²) in [4.78, 5) is 22.0. The summed E-state index contributed by atoms with van der Waals surface area (Å²) in [6.07, 6.45) is 0. The summed E-state index contributed by atoms with van der Waals surface area (Å²) < 4.78 is 0. The Balaban J connectivity index is 3.58. The van der Waals surface area contributed by atoms with Crippen LogP contribution in [0.4, 0.5) is 5.69 Å². The highest BCUT2D eigenvalue weighted by Gasteiger charge is 2.32. The molecule has 0 aromatic heterocycles. The zero-order valence-corrected chi connectivity index (χ0v) is 11.9. The molecule has 0 heterocycles. The standard InChI is InChI=1S/C13H11ClN2O5/c1-13(2,19)12(18)9(6-15)11(17)8-4-3-7(14)5-10(8)16(20)21/h3-5,17,19H,1-2H3. The molecule has 0 unspecified atom stereocenters. The zero-order chi connectivity index (χ0) is 16.4. The van der Waals surface area contributed by atoms with Crippen LogP contribution in [-0.2, 0) is 4.79 Å². The van der Waals surface area contributed by atoms with Crippen LogP contribution in [0.3, 0.4) is 0 Å². The van der Waals surface area contributed by atoms with Crippen molar-refractivity contribution in [3.05, 3.63) is 44.5 Å². The fraction of sp³-hybridized carbons (Fsp3) is 0.231. The van der Waals surface area contributed by atoms with Crippen molar-refractivity contribution in [2.75, 3.05) is 0 Å². The normalized spacial score (nSPS) is 12.3. The fourth-order valence-electron chi connectivity index (χ4n) is 1.51.